The van der Waals surface area contributed by atoms with E-state index in [-0.39, 0.29) is 28.4 Å². The highest BCUT2D eigenvalue weighted by molar-refractivity contribution is 7.92. The van der Waals surface area contributed by atoms with Crippen molar-refractivity contribution in [3.63, 3.8) is 0 Å². The first-order valence-electron chi connectivity index (χ1n) is 10.3. The van der Waals surface area contributed by atoms with Crippen molar-refractivity contribution in [2.24, 2.45) is 0 Å². The first kappa shape index (κ1) is 23.1. The van der Waals surface area contributed by atoms with Crippen molar-refractivity contribution in [1.29, 1.82) is 0 Å². The molecule has 0 bridgehead atoms. The van der Waals surface area contributed by atoms with Gasteiger partial charge in [-0.3, -0.25) is 9.10 Å². The molecule has 0 aliphatic carbocycles. The monoisotopic (exact) mass is 478 g/mol. The lowest BCUT2D eigenvalue weighted by atomic mass is 10.1. The second-order valence-corrected chi connectivity index (χ2v) is 9.27. The molecule has 0 aliphatic rings. The van der Waals surface area contributed by atoms with Crippen LogP contribution in [0.3, 0.4) is 0 Å². The normalized spacial score (nSPS) is 11.1. The first-order chi connectivity index (χ1) is 16.4. The molecular formula is C26H20F2N2O3S. The first-order valence-corrected chi connectivity index (χ1v) is 11.8. The van der Waals surface area contributed by atoms with E-state index in [1.807, 2.05) is 6.07 Å². The summed E-state index contributed by atoms with van der Waals surface area (Å²) < 4.78 is 55.8. The zero-order valence-electron chi connectivity index (χ0n) is 17.9. The van der Waals surface area contributed by atoms with E-state index in [2.05, 4.69) is 5.32 Å². The topological polar surface area (TPSA) is 66.5 Å². The number of nitrogens with one attached hydrogen (secondary N) is 1. The molecule has 0 saturated heterocycles. The SMILES string of the molecule is O=C(Nc1ccc(F)cc1F)c1ccccc1N(Cc1ccccc1)S(=O)(=O)c1ccccc1. The number of nitrogens with zero attached hydrogens (tertiary/aromatic N) is 1. The minimum absolute atomic E-state index is 0.0154. The number of hydrogen-bond acceptors (Lipinski definition) is 3. The summed E-state index contributed by atoms with van der Waals surface area (Å²) in [5.74, 6) is -2.45. The molecule has 0 spiro atoms. The van der Waals surface area contributed by atoms with Crippen LogP contribution in [0.5, 0.6) is 0 Å². The zero-order chi connectivity index (χ0) is 24.1. The number of carbonyl (C=O) groups excluding carboxylic acids is 1. The fourth-order valence-electron chi connectivity index (χ4n) is 3.43. The Morgan fingerprint density at radius 2 is 1.41 bits per heavy atom. The number of sulfonamides is 1. The van der Waals surface area contributed by atoms with Crippen molar-refractivity contribution in [1.82, 2.24) is 0 Å². The van der Waals surface area contributed by atoms with Crippen molar-refractivity contribution in [3.8, 4) is 0 Å². The van der Waals surface area contributed by atoms with Crippen molar-refractivity contribution in [3.05, 3.63) is 126 Å². The summed E-state index contributed by atoms with van der Waals surface area (Å²) in [5, 5.41) is 2.40. The summed E-state index contributed by atoms with van der Waals surface area (Å²) in [6, 6.07) is 25.8. The van der Waals surface area contributed by atoms with E-state index in [9.17, 15) is 22.0 Å². The summed E-state index contributed by atoms with van der Waals surface area (Å²) in [6.45, 7) is -0.0345. The average Bonchev–Trinajstić information content (AvgIpc) is 2.85. The largest absolute Gasteiger partial charge is 0.319 e. The molecule has 8 heteroatoms. The van der Waals surface area contributed by atoms with Gasteiger partial charge in [-0.25, -0.2) is 17.2 Å². The molecule has 0 aliphatic heterocycles. The predicted molar refractivity (Wildman–Crippen MR) is 127 cm³/mol. The lowest BCUT2D eigenvalue weighted by Crippen LogP contribution is -2.32. The van der Waals surface area contributed by atoms with E-state index in [1.54, 1.807) is 54.6 Å². The molecule has 1 N–H and O–H groups in total. The third-order valence-corrected chi connectivity index (χ3v) is 6.87. The van der Waals surface area contributed by atoms with Gasteiger partial charge in [-0.05, 0) is 42.0 Å². The van der Waals surface area contributed by atoms with Crippen LogP contribution in [-0.4, -0.2) is 14.3 Å². The maximum absolute atomic E-state index is 14.1. The van der Waals surface area contributed by atoms with Crippen LogP contribution in [0.25, 0.3) is 0 Å². The van der Waals surface area contributed by atoms with Crippen molar-refractivity contribution < 1.29 is 22.0 Å². The second-order valence-electron chi connectivity index (χ2n) is 7.41. The van der Waals surface area contributed by atoms with Crippen LogP contribution in [0.1, 0.15) is 15.9 Å². The summed E-state index contributed by atoms with van der Waals surface area (Å²) >= 11 is 0. The molecule has 0 saturated carbocycles. The molecule has 4 aromatic rings. The quantitative estimate of drug-likeness (QED) is 0.375. The smallest absolute Gasteiger partial charge is 0.264 e. The number of para-hydroxylation sites is 1. The highest BCUT2D eigenvalue weighted by Gasteiger charge is 2.28. The molecule has 0 fully saturated rings. The van der Waals surface area contributed by atoms with Gasteiger partial charge in [-0.2, -0.15) is 0 Å². The van der Waals surface area contributed by atoms with Gasteiger partial charge in [0.25, 0.3) is 15.9 Å². The molecule has 0 radical (unpaired) electrons. The standard InChI is InChI=1S/C26H20F2N2O3S/c27-20-15-16-24(23(28)17-20)29-26(31)22-13-7-8-14-25(22)30(18-19-9-3-1-4-10-19)34(32,33)21-11-5-2-6-12-21/h1-17H,18H2,(H,29,31). The Bertz CT molecular complexity index is 1410. The van der Waals surface area contributed by atoms with Crippen LogP contribution in [0.2, 0.25) is 0 Å². The van der Waals surface area contributed by atoms with E-state index in [1.165, 1.54) is 24.3 Å². The fourth-order valence-corrected chi connectivity index (χ4v) is 4.92. The molecular weight excluding hydrogens is 458 g/mol. The number of carbonyl (C=O) groups is 1. The van der Waals surface area contributed by atoms with Gasteiger partial charge >= 0.3 is 0 Å². The van der Waals surface area contributed by atoms with Crippen LogP contribution in [-0.2, 0) is 16.6 Å². The molecule has 1 amide bonds. The van der Waals surface area contributed by atoms with Crippen LogP contribution in [0.4, 0.5) is 20.2 Å². The third-order valence-electron chi connectivity index (χ3n) is 5.10. The zero-order valence-corrected chi connectivity index (χ0v) is 18.7. The van der Waals surface area contributed by atoms with Gasteiger partial charge in [0.05, 0.1) is 28.4 Å². The maximum atomic E-state index is 14.1. The van der Waals surface area contributed by atoms with Gasteiger partial charge < -0.3 is 5.32 Å². The number of rotatable bonds is 7. The number of benzene rings is 4. The molecule has 5 nitrogen and oxygen atoms in total. The Balaban J connectivity index is 1.78. The van der Waals surface area contributed by atoms with Crippen molar-refractivity contribution >= 4 is 27.3 Å². The molecule has 0 atom stereocenters. The lowest BCUT2D eigenvalue weighted by Gasteiger charge is -2.26. The number of hydrogen-bond donors (Lipinski definition) is 1. The lowest BCUT2D eigenvalue weighted by molar-refractivity contribution is 0.102. The molecule has 172 valence electrons. The van der Waals surface area contributed by atoms with Gasteiger partial charge in [0.2, 0.25) is 0 Å². The Morgan fingerprint density at radius 3 is 2.09 bits per heavy atom. The highest BCUT2D eigenvalue weighted by atomic mass is 32.2. The van der Waals surface area contributed by atoms with E-state index < -0.39 is 27.6 Å². The van der Waals surface area contributed by atoms with E-state index in [4.69, 9.17) is 0 Å². The second kappa shape index (κ2) is 9.84. The molecule has 0 aromatic heterocycles. The van der Waals surface area contributed by atoms with E-state index in [0.717, 1.165) is 16.4 Å². The van der Waals surface area contributed by atoms with Gasteiger partial charge in [0, 0.05) is 6.07 Å². The van der Waals surface area contributed by atoms with Crippen LogP contribution in [0.15, 0.2) is 108 Å². The molecule has 0 heterocycles. The molecule has 34 heavy (non-hydrogen) atoms. The number of amides is 1. The number of anilines is 2. The van der Waals surface area contributed by atoms with Gasteiger partial charge in [0.1, 0.15) is 11.6 Å². The van der Waals surface area contributed by atoms with Gasteiger partial charge in [0.15, 0.2) is 0 Å². The van der Waals surface area contributed by atoms with Crippen LogP contribution < -0.4 is 9.62 Å². The Labute approximate surface area is 196 Å². The van der Waals surface area contributed by atoms with Crippen LogP contribution >= 0.6 is 0 Å². The molecule has 4 aromatic carbocycles. The Hall–Kier alpha value is -4.04. The molecule has 0 unspecified atom stereocenters. The maximum Gasteiger partial charge on any atom is 0.264 e. The number of halogens is 2. The predicted octanol–water partition coefficient (Wildman–Crippen LogP) is 5.61. The summed E-state index contributed by atoms with van der Waals surface area (Å²) in [6.07, 6.45) is 0. The Morgan fingerprint density at radius 1 is 0.794 bits per heavy atom. The average molecular weight is 479 g/mol. The van der Waals surface area contributed by atoms with Gasteiger partial charge in [-0.1, -0.05) is 60.7 Å². The summed E-state index contributed by atoms with van der Waals surface area (Å²) in [7, 11) is -4.07. The minimum atomic E-state index is -4.07. The summed E-state index contributed by atoms with van der Waals surface area (Å²) in [5.41, 5.74) is 0.625. The minimum Gasteiger partial charge on any atom is -0.319 e. The third kappa shape index (κ3) is 4.97. The van der Waals surface area contributed by atoms with E-state index >= 15 is 0 Å². The summed E-state index contributed by atoms with van der Waals surface area (Å²) in [4.78, 5) is 13.2. The van der Waals surface area contributed by atoms with Crippen LogP contribution in [0, 0.1) is 11.6 Å². The Kier molecular flexibility index (Phi) is 6.70. The molecule has 4 rings (SSSR count). The highest BCUT2D eigenvalue weighted by Crippen LogP contribution is 2.30. The van der Waals surface area contributed by atoms with Gasteiger partial charge in [-0.15, -0.1) is 0 Å². The van der Waals surface area contributed by atoms with Crippen molar-refractivity contribution in [2.75, 3.05) is 9.62 Å². The van der Waals surface area contributed by atoms with E-state index in [0.29, 0.717) is 11.6 Å². The fraction of sp³-hybridized carbons (Fsp3) is 0.0385. The van der Waals surface area contributed by atoms with Crippen molar-refractivity contribution in [2.45, 2.75) is 11.4 Å².